The van der Waals surface area contributed by atoms with Crippen LogP contribution in [0, 0.1) is 0 Å². The van der Waals surface area contributed by atoms with Crippen LogP contribution in [0.25, 0.3) is 92.2 Å². The van der Waals surface area contributed by atoms with E-state index in [0.29, 0.717) is 0 Å². The quantitative estimate of drug-likeness (QED) is 0.171. The van der Waals surface area contributed by atoms with Gasteiger partial charge in [-0.05, 0) is 132 Å². The van der Waals surface area contributed by atoms with Crippen LogP contribution in [0.3, 0.4) is 0 Å². The molecular weight excluding hydrogens is 949 g/mol. The molecular formula is C74H44N2S. The SMILES string of the molecule is c1ccc2c(c1)-c1ccccc1C21c2ccccc2-c2c(N(c3ccc(-c4ccc5sc6ccccc6c5c4)cc3)c3cccc4c3-c3ccccc3C43c4ccccc4-n4c5ccccc5c5cccc3c54)cccc21. The fourth-order valence-corrected chi connectivity index (χ4v) is 16.3. The summed E-state index contributed by atoms with van der Waals surface area (Å²) >= 11 is 1.87. The Labute approximate surface area is 449 Å². The number of hydrogen-bond acceptors (Lipinski definition) is 2. The van der Waals surface area contributed by atoms with E-state index in [1.165, 1.54) is 137 Å². The Morgan fingerprint density at radius 3 is 1.45 bits per heavy atom. The molecule has 18 rings (SSSR count). The Bertz CT molecular complexity index is 4850. The van der Waals surface area contributed by atoms with Crippen LogP contribution in [0.5, 0.6) is 0 Å². The van der Waals surface area contributed by atoms with Crippen molar-refractivity contribution in [3.8, 4) is 50.2 Å². The Hall–Kier alpha value is -9.54. The van der Waals surface area contributed by atoms with Gasteiger partial charge in [0.05, 0.1) is 38.9 Å². The Kier molecular flexibility index (Phi) is 8.18. The van der Waals surface area contributed by atoms with Crippen molar-refractivity contribution in [2.24, 2.45) is 0 Å². The first-order valence-electron chi connectivity index (χ1n) is 26.8. The van der Waals surface area contributed by atoms with Crippen LogP contribution in [0.15, 0.2) is 267 Å². The lowest BCUT2D eigenvalue weighted by atomic mass is 9.65. The summed E-state index contributed by atoms with van der Waals surface area (Å²) in [6.45, 7) is 0. The summed E-state index contributed by atoms with van der Waals surface area (Å²) in [6, 6.07) is 101. The van der Waals surface area contributed by atoms with Gasteiger partial charge in [-0.1, -0.05) is 212 Å². The molecule has 3 aliphatic carbocycles. The van der Waals surface area contributed by atoms with E-state index in [4.69, 9.17) is 0 Å². The van der Waals surface area contributed by atoms with Crippen LogP contribution in [0.4, 0.5) is 17.1 Å². The number of anilines is 3. The van der Waals surface area contributed by atoms with Gasteiger partial charge in [0, 0.05) is 47.8 Å². The largest absolute Gasteiger partial charge is 0.309 e. The standard InChI is InChI=1S/C74H44N2S/c1-7-25-56-48(18-1)49-19-2-8-26-57(49)73(56)58-27-9-3-22-53(58)70-61(73)30-16-35-66(70)75(47-41-38-45(39-42-47)46-40-43-69-55(44-46)51-21-6-14-37-68(51)77-69)67-36-17-31-62-71(67)54-23-4-10-28-59(54)74(62)60-29-11-13-34-65(60)76-64-33-12-5-20-50(64)52-24-15-32-63(74)72(52)76/h1-44H. The van der Waals surface area contributed by atoms with E-state index in [2.05, 4.69) is 276 Å². The molecule has 0 saturated heterocycles. The second-order valence-corrected chi connectivity index (χ2v) is 22.4. The van der Waals surface area contributed by atoms with Crippen LogP contribution >= 0.6 is 11.3 Å². The first-order chi connectivity index (χ1) is 38.2. The van der Waals surface area contributed by atoms with E-state index >= 15 is 0 Å². The van der Waals surface area contributed by atoms with Crippen LogP contribution in [-0.4, -0.2) is 4.57 Å². The highest BCUT2D eigenvalue weighted by atomic mass is 32.1. The van der Waals surface area contributed by atoms with Crippen molar-refractivity contribution >= 4 is 70.4 Å². The number of rotatable bonds is 4. The van der Waals surface area contributed by atoms with E-state index in [-0.39, 0.29) is 0 Å². The van der Waals surface area contributed by atoms with E-state index in [1.807, 2.05) is 11.3 Å². The monoisotopic (exact) mass is 992 g/mol. The van der Waals surface area contributed by atoms with Crippen molar-refractivity contribution in [2.75, 3.05) is 4.90 Å². The summed E-state index contributed by atoms with van der Waals surface area (Å²) < 4.78 is 5.18. The summed E-state index contributed by atoms with van der Waals surface area (Å²) in [5.74, 6) is 0. The zero-order valence-electron chi connectivity index (χ0n) is 41.7. The highest BCUT2D eigenvalue weighted by molar-refractivity contribution is 7.25. The first kappa shape index (κ1) is 41.8. The maximum atomic E-state index is 2.61. The topological polar surface area (TPSA) is 8.17 Å². The lowest BCUT2D eigenvalue weighted by Gasteiger charge is -2.39. The minimum atomic E-state index is -0.602. The molecule has 2 spiro atoms. The molecule has 0 radical (unpaired) electrons. The fraction of sp³-hybridized carbons (Fsp3) is 0.0270. The third-order valence-corrected chi connectivity index (χ3v) is 19.2. The zero-order valence-corrected chi connectivity index (χ0v) is 42.5. The van der Waals surface area contributed by atoms with Crippen molar-refractivity contribution in [3.05, 3.63) is 311 Å². The number of thiophene rings is 1. The first-order valence-corrected chi connectivity index (χ1v) is 27.6. The minimum absolute atomic E-state index is 0.493. The molecule has 1 unspecified atom stereocenters. The Morgan fingerprint density at radius 2 is 0.779 bits per heavy atom. The molecule has 0 fully saturated rings. The lowest BCUT2D eigenvalue weighted by molar-refractivity contribution is 0.748. The van der Waals surface area contributed by atoms with Crippen LogP contribution in [0.2, 0.25) is 0 Å². The fourth-order valence-electron chi connectivity index (χ4n) is 15.2. The molecule has 1 atom stereocenters. The Balaban J connectivity index is 0.929. The smallest absolute Gasteiger partial charge is 0.0755 e. The Morgan fingerprint density at radius 1 is 0.312 bits per heavy atom. The molecule has 77 heavy (non-hydrogen) atoms. The highest BCUT2D eigenvalue weighted by Gasteiger charge is 2.54. The molecule has 356 valence electrons. The second-order valence-electron chi connectivity index (χ2n) is 21.3. The number of nitrogens with zero attached hydrogens (tertiary/aromatic N) is 2. The molecule has 0 N–H and O–H groups in total. The molecule has 0 amide bonds. The van der Waals surface area contributed by atoms with E-state index in [9.17, 15) is 0 Å². The van der Waals surface area contributed by atoms with Gasteiger partial charge in [0.25, 0.3) is 0 Å². The molecule has 14 aromatic rings. The van der Waals surface area contributed by atoms with Gasteiger partial charge in [-0.25, -0.2) is 0 Å². The molecule has 2 nitrogen and oxygen atoms in total. The molecule has 4 aliphatic rings. The third-order valence-electron chi connectivity index (χ3n) is 18.0. The zero-order chi connectivity index (χ0) is 50.1. The highest BCUT2D eigenvalue weighted by Crippen LogP contribution is 2.67. The van der Waals surface area contributed by atoms with Gasteiger partial charge in [-0.2, -0.15) is 0 Å². The van der Waals surface area contributed by atoms with Crippen LogP contribution in [0.1, 0.15) is 44.5 Å². The van der Waals surface area contributed by atoms with Gasteiger partial charge >= 0.3 is 0 Å². The third kappa shape index (κ3) is 5.11. The lowest BCUT2D eigenvalue weighted by Crippen LogP contribution is -2.33. The normalized spacial score (nSPS) is 15.4. The molecule has 3 heteroatoms. The van der Waals surface area contributed by atoms with Crippen molar-refractivity contribution in [3.63, 3.8) is 0 Å². The van der Waals surface area contributed by atoms with Crippen molar-refractivity contribution in [1.29, 1.82) is 0 Å². The van der Waals surface area contributed by atoms with Gasteiger partial charge in [0.15, 0.2) is 0 Å². The molecule has 0 saturated carbocycles. The van der Waals surface area contributed by atoms with Gasteiger partial charge in [-0.3, -0.25) is 0 Å². The number of para-hydroxylation sites is 3. The molecule has 2 aromatic heterocycles. The number of fused-ring (bicyclic) bond motifs is 25. The summed E-state index contributed by atoms with van der Waals surface area (Å²) in [5.41, 5.74) is 26.7. The summed E-state index contributed by atoms with van der Waals surface area (Å²) in [6.07, 6.45) is 0. The predicted octanol–water partition coefficient (Wildman–Crippen LogP) is 19.3. The van der Waals surface area contributed by atoms with Gasteiger partial charge in [-0.15, -0.1) is 11.3 Å². The summed E-state index contributed by atoms with van der Waals surface area (Å²) in [5, 5.41) is 5.18. The summed E-state index contributed by atoms with van der Waals surface area (Å²) in [4.78, 5) is 2.61. The van der Waals surface area contributed by atoms with E-state index in [1.54, 1.807) is 0 Å². The number of benzene rings is 12. The van der Waals surface area contributed by atoms with E-state index < -0.39 is 10.8 Å². The number of aromatic nitrogens is 1. The average molecular weight is 993 g/mol. The maximum absolute atomic E-state index is 2.61. The maximum Gasteiger partial charge on any atom is 0.0755 e. The predicted molar refractivity (Wildman–Crippen MR) is 321 cm³/mol. The number of hydrogen-bond donors (Lipinski definition) is 0. The van der Waals surface area contributed by atoms with Crippen molar-refractivity contribution in [2.45, 2.75) is 10.8 Å². The summed E-state index contributed by atoms with van der Waals surface area (Å²) in [7, 11) is 0. The van der Waals surface area contributed by atoms with Gasteiger partial charge in [0.2, 0.25) is 0 Å². The van der Waals surface area contributed by atoms with Crippen LogP contribution < -0.4 is 4.90 Å². The molecule has 12 aromatic carbocycles. The second kappa shape index (κ2) is 15.1. The molecule has 1 aliphatic heterocycles. The van der Waals surface area contributed by atoms with E-state index in [0.717, 1.165) is 17.1 Å². The van der Waals surface area contributed by atoms with Crippen LogP contribution in [-0.2, 0) is 10.8 Å². The van der Waals surface area contributed by atoms with Crippen molar-refractivity contribution < 1.29 is 0 Å². The molecule has 3 heterocycles. The average Bonchev–Trinajstić information content (AvgIpc) is 3.73. The molecule has 0 bridgehead atoms. The van der Waals surface area contributed by atoms with Gasteiger partial charge in [0.1, 0.15) is 0 Å². The minimum Gasteiger partial charge on any atom is -0.309 e. The van der Waals surface area contributed by atoms with Crippen molar-refractivity contribution in [1.82, 2.24) is 4.57 Å². The van der Waals surface area contributed by atoms with Gasteiger partial charge < -0.3 is 9.47 Å².